The van der Waals surface area contributed by atoms with Gasteiger partial charge in [0.2, 0.25) is 5.13 Å². The number of carbonyl (C=O) groups excluding carboxylic acids is 1. The minimum Gasteiger partial charge on any atom is -0.360 e. The molecule has 1 unspecified atom stereocenters. The van der Waals surface area contributed by atoms with Crippen LogP contribution in [0.15, 0.2) is 65.1 Å². The zero-order valence-electron chi connectivity index (χ0n) is 14.7. The lowest BCUT2D eigenvalue weighted by molar-refractivity contribution is 0.0991. The van der Waals surface area contributed by atoms with Crippen LogP contribution >= 0.6 is 23.1 Å². The van der Waals surface area contributed by atoms with Crippen molar-refractivity contribution in [3.63, 3.8) is 0 Å². The maximum Gasteiger partial charge on any atom is 0.206 e. The van der Waals surface area contributed by atoms with E-state index in [1.54, 1.807) is 6.20 Å². The molecular weight excluding hydrogens is 376 g/mol. The molecule has 0 bridgehead atoms. The molecule has 0 aliphatic carbocycles. The van der Waals surface area contributed by atoms with E-state index in [0.717, 1.165) is 32.5 Å². The Balaban J connectivity index is 1.70. The van der Waals surface area contributed by atoms with Crippen molar-refractivity contribution >= 4 is 44.9 Å². The summed E-state index contributed by atoms with van der Waals surface area (Å²) in [7, 11) is 0. The highest BCUT2D eigenvalue weighted by Crippen LogP contribution is 2.40. The molecule has 27 heavy (non-hydrogen) atoms. The van der Waals surface area contributed by atoms with Gasteiger partial charge in [0.1, 0.15) is 5.25 Å². The largest absolute Gasteiger partial charge is 0.360 e. The predicted molar refractivity (Wildman–Crippen MR) is 112 cm³/mol. The van der Waals surface area contributed by atoms with Gasteiger partial charge < -0.3 is 10.3 Å². The molecule has 1 atom stereocenters. The minimum atomic E-state index is -0.382. The van der Waals surface area contributed by atoms with Crippen molar-refractivity contribution in [3.05, 3.63) is 71.9 Å². The molecule has 7 heteroatoms. The number of carbonyl (C=O) groups is 1. The first-order valence-electron chi connectivity index (χ1n) is 8.65. The summed E-state index contributed by atoms with van der Waals surface area (Å²) in [6.07, 6.45) is 1.80. The van der Waals surface area contributed by atoms with E-state index < -0.39 is 0 Å². The lowest BCUT2D eigenvalue weighted by Gasteiger charge is -2.14. The molecule has 2 N–H and O–H groups in total. The van der Waals surface area contributed by atoms with Crippen molar-refractivity contribution in [2.24, 2.45) is 0 Å². The third-order valence-electron chi connectivity index (χ3n) is 4.15. The van der Waals surface area contributed by atoms with Crippen LogP contribution in [0.2, 0.25) is 0 Å². The average Bonchev–Trinajstić information content (AvgIpc) is 3.33. The summed E-state index contributed by atoms with van der Waals surface area (Å²) in [6, 6.07) is 17.7. The molecule has 4 aromatic rings. The summed E-state index contributed by atoms with van der Waals surface area (Å²) < 4.78 is 0.771. The normalized spacial score (nSPS) is 12.2. The third kappa shape index (κ3) is 3.74. The van der Waals surface area contributed by atoms with Crippen molar-refractivity contribution in [1.29, 1.82) is 0 Å². The van der Waals surface area contributed by atoms with Crippen LogP contribution < -0.4 is 5.32 Å². The highest BCUT2D eigenvalue weighted by Gasteiger charge is 2.27. The first-order valence-corrected chi connectivity index (χ1v) is 10.3. The van der Waals surface area contributed by atoms with Gasteiger partial charge in [-0.05, 0) is 18.6 Å². The fraction of sp³-hybridized carbons (Fsp3) is 0.150. The molecule has 2 aromatic heterocycles. The van der Waals surface area contributed by atoms with Gasteiger partial charge in [-0.2, -0.15) is 0 Å². The molecular formula is C20H18N4OS2. The smallest absolute Gasteiger partial charge is 0.206 e. The number of nitrogens with zero attached hydrogens (tertiary/aromatic N) is 2. The Kier molecular flexibility index (Phi) is 5.22. The number of rotatable bonds is 7. The van der Waals surface area contributed by atoms with Gasteiger partial charge in [0, 0.05) is 29.2 Å². The number of aromatic amines is 1. The van der Waals surface area contributed by atoms with Crippen LogP contribution in [0, 0.1) is 0 Å². The molecule has 136 valence electrons. The maximum absolute atomic E-state index is 13.5. The van der Waals surface area contributed by atoms with Crippen LogP contribution in [0.25, 0.3) is 10.9 Å². The molecule has 0 saturated heterocycles. The summed E-state index contributed by atoms with van der Waals surface area (Å²) in [5, 5.41) is 12.9. The Bertz CT molecular complexity index is 1060. The second-order valence-electron chi connectivity index (χ2n) is 5.92. The summed E-state index contributed by atoms with van der Waals surface area (Å²) in [6.45, 7) is 2.80. The molecule has 2 heterocycles. The molecule has 0 fully saturated rings. The van der Waals surface area contributed by atoms with E-state index >= 15 is 0 Å². The maximum atomic E-state index is 13.5. The van der Waals surface area contributed by atoms with Crippen LogP contribution in [0.1, 0.15) is 28.1 Å². The molecule has 0 amide bonds. The lowest BCUT2D eigenvalue weighted by atomic mass is 10.0. The highest BCUT2D eigenvalue weighted by atomic mass is 32.2. The zero-order chi connectivity index (χ0) is 18.6. The van der Waals surface area contributed by atoms with Crippen molar-refractivity contribution < 1.29 is 4.79 Å². The second kappa shape index (κ2) is 7.94. The number of hydrogen-bond donors (Lipinski definition) is 2. The van der Waals surface area contributed by atoms with Crippen LogP contribution in [0.5, 0.6) is 0 Å². The van der Waals surface area contributed by atoms with Crippen LogP contribution in [-0.2, 0) is 0 Å². The van der Waals surface area contributed by atoms with Gasteiger partial charge >= 0.3 is 0 Å². The summed E-state index contributed by atoms with van der Waals surface area (Å²) in [5.74, 6) is 0.0591. The molecule has 0 radical (unpaired) electrons. The van der Waals surface area contributed by atoms with Gasteiger partial charge in [-0.15, -0.1) is 10.2 Å². The quantitative estimate of drug-likeness (QED) is 0.334. The van der Waals surface area contributed by atoms with E-state index in [1.165, 1.54) is 23.1 Å². The van der Waals surface area contributed by atoms with Gasteiger partial charge in [-0.1, -0.05) is 71.6 Å². The van der Waals surface area contributed by atoms with E-state index in [2.05, 4.69) is 20.5 Å². The van der Waals surface area contributed by atoms with Crippen molar-refractivity contribution in [2.75, 3.05) is 11.9 Å². The van der Waals surface area contributed by atoms with E-state index in [4.69, 9.17) is 0 Å². The van der Waals surface area contributed by atoms with Crippen LogP contribution in [0.3, 0.4) is 0 Å². The van der Waals surface area contributed by atoms with Gasteiger partial charge in [0.05, 0.1) is 0 Å². The second-order valence-corrected chi connectivity index (χ2v) is 8.25. The van der Waals surface area contributed by atoms with Gasteiger partial charge in [-0.25, -0.2) is 0 Å². The SMILES string of the molecule is CCNc1nnc(SC(C(=O)c2c[nH]c3ccccc23)c2ccccc2)s1. The average molecular weight is 395 g/mol. The molecule has 0 saturated carbocycles. The van der Waals surface area contributed by atoms with Crippen LogP contribution in [-0.4, -0.2) is 27.5 Å². The number of anilines is 1. The third-order valence-corrected chi connectivity index (χ3v) is 6.37. The first-order chi connectivity index (χ1) is 13.3. The van der Waals surface area contributed by atoms with Gasteiger partial charge in [0.15, 0.2) is 10.1 Å². The predicted octanol–water partition coefficient (Wildman–Crippen LogP) is 5.17. The van der Waals surface area contributed by atoms with Gasteiger partial charge in [0.25, 0.3) is 0 Å². The molecule has 4 rings (SSSR count). The Morgan fingerprint density at radius 3 is 2.74 bits per heavy atom. The van der Waals surface area contributed by atoms with Crippen LogP contribution in [0.4, 0.5) is 5.13 Å². The van der Waals surface area contributed by atoms with E-state index in [0.29, 0.717) is 5.56 Å². The Labute approximate surface area is 165 Å². The molecule has 5 nitrogen and oxygen atoms in total. The van der Waals surface area contributed by atoms with Crippen molar-refractivity contribution in [3.8, 4) is 0 Å². The number of benzene rings is 2. The van der Waals surface area contributed by atoms with E-state index in [-0.39, 0.29) is 11.0 Å². The molecule has 2 aromatic carbocycles. The molecule has 0 aliphatic rings. The Morgan fingerprint density at radius 2 is 1.93 bits per heavy atom. The number of aromatic nitrogens is 3. The molecule has 0 spiro atoms. The van der Waals surface area contributed by atoms with Gasteiger partial charge in [-0.3, -0.25) is 4.79 Å². The van der Waals surface area contributed by atoms with Crippen molar-refractivity contribution in [2.45, 2.75) is 16.5 Å². The number of nitrogens with one attached hydrogen (secondary N) is 2. The minimum absolute atomic E-state index is 0.0591. The monoisotopic (exact) mass is 394 g/mol. The Hall–Kier alpha value is -2.64. The lowest BCUT2D eigenvalue weighted by Crippen LogP contribution is -2.09. The standard InChI is InChI=1S/C20H18N4OS2/c1-2-21-19-23-24-20(27-19)26-18(13-8-4-3-5-9-13)17(25)15-12-22-16-11-7-6-10-14(15)16/h3-12,18,22H,2H2,1H3,(H,21,23). The highest BCUT2D eigenvalue weighted by molar-refractivity contribution is 8.02. The number of fused-ring (bicyclic) bond motifs is 1. The number of ketones is 1. The fourth-order valence-electron chi connectivity index (χ4n) is 2.90. The topological polar surface area (TPSA) is 70.7 Å². The van der Waals surface area contributed by atoms with Crippen molar-refractivity contribution in [1.82, 2.24) is 15.2 Å². The summed E-state index contributed by atoms with van der Waals surface area (Å²) in [4.78, 5) is 16.7. The Morgan fingerprint density at radius 1 is 1.15 bits per heavy atom. The van der Waals surface area contributed by atoms with E-state index in [9.17, 15) is 4.79 Å². The first kappa shape index (κ1) is 17.8. The number of hydrogen-bond acceptors (Lipinski definition) is 6. The number of Topliss-reactive ketones (excluding diaryl/α,β-unsaturated/α-hetero) is 1. The number of thioether (sulfide) groups is 1. The summed E-state index contributed by atoms with van der Waals surface area (Å²) in [5.41, 5.74) is 2.62. The zero-order valence-corrected chi connectivity index (χ0v) is 16.3. The fourth-order valence-corrected chi connectivity index (χ4v) is 4.98. The summed E-state index contributed by atoms with van der Waals surface area (Å²) >= 11 is 2.91. The molecule has 0 aliphatic heterocycles. The number of para-hydroxylation sites is 1. The van der Waals surface area contributed by atoms with E-state index in [1.807, 2.05) is 61.5 Å². The number of H-pyrrole nitrogens is 1.